The molecule has 0 bridgehead atoms. The third kappa shape index (κ3) is 7.04. The highest BCUT2D eigenvalue weighted by molar-refractivity contribution is 5.81. The Morgan fingerprint density at radius 2 is 1.89 bits per heavy atom. The predicted molar refractivity (Wildman–Crippen MR) is 76.4 cm³/mol. The van der Waals surface area contributed by atoms with Crippen LogP contribution in [0.3, 0.4) is 0 Å². The van der Waals surface area contributed by atoms with Crippen molar-refractivity contribution in [1.29, 1.82) is 0 Å². The van der Waals surface area contributed by atoms with E-state index in [1.807, 2.05) is 0 Å². The fourth-order valence-corrected chi connectivity index (χ4v) is 2.68. The van der Waals surface area contributed by atoms with Crippen LogP contribution in [0.1, 0.15) is 38.5 Å². The molecule has 1 saturated carbocycles. The van der Waals surface area contributed by atoms with Crippen molar-refractivity contribution in [3.8, 4) is 0 Å². The fraction of sp³-hybridized carbons (Fsp3) is 0.933. The number of ether oxygens (including phenoxy) is 2. The zero-order valence-corrected chi connectivity index (χ0v) is 12.5. The number of Topliss-reactive ketones (excluding diaryl/α,β-unsaturated/α-hetero) is 1. The summed E-state index contributed by atoms with van der Waals surface area (Å²) in [7, 11) is 3.46. The SMILES string of the molecule is COCCCN(CCOC)CC1CCCCCC1=O. The molecule has 0 aliphatic heterocycles. The van der Waals surface area contributed by atoms with Crippen molar-refractivity contribution >= 4 is 5.78 Å². The third-order valence-electron chi connectivity index (χ3n) is 3.84. The van der Waals surface area contributed by atoms with Crippen molar-refractivity contribution in [1.82, 2.24) is 4.90 Å². The molecular formula is C15H29NO3. The molecule has 0 N–H and O–H groups in total. The lowest BCUT2D eigenvalue weighted by atomic mass is 9.98. The number of nitrogens with zero attached hydrogens (tertiary/aromatic N) is 1. The van der Waals surface area contributed by atoms with Crippen LogP contribution in [0.25, 0.3) is 0 Å². The highest BCUT2D eigenvalue weighted by atomic mass is 16.5. The molecular weight excluding hydrogens is 242 g/mol. The normalized spacial score (nSPS) is 20.8. The zero-order chi connectivity index (χ0) is 13.9. The number of ketones is 1. The number of rotatable bonds is 9. The van der Waals surface area contributed by atoms with Crippen LogP contribution in [0.15, 0.2) is 0 Å². The monoisotopic (exact) mass is 271 g/mol. The summed E-state index contributed by atoms with van der Waals surface area (Å²) in [6, 6.07) is 0. The van der Waals surface area contributed by atoms with E-state index in [2.05, 4.69) is 4.90 Å². The van der Waals surface area contributed by atoms with Gasteiger partial charge in [0.15, 0.2) is 0 Å². The van der Waals surface area contributed by atoms with Crippen molar-refractivity contribution < 1.29 is 14.3 Å². The number of methoxy groups -OCH3 is 2. The Morgan fingerprint density at radius 3 is 2.63 bits per heavy atom. The summed E-state index contributed by atoms with van der Waals surface area (Å²) in [5.41, 5.74) is 0. The lowest BCUT2D eigenvalue weighted by Crippen LogP contribution is -2.36. The second-order valence-electron chi connectivity index (χ2n) is 5.40. The molecule has 1 unspecified atom stereocenters. The van der Waals surface area contributed by atoms with Crippen molar-refractivity contribution in [3.05, 3.63) is 0 Å². The molecule has 1 atom stereocenters. The van der Waals surface area contributed by atoms with Gasteiger partial charge >= 0.3 is 0 Å². The number of hydrogen-bond donors (Lipinski definition) is 0. The van der Waals surface area contributed by atoms with Gasteiger partial charge in [0.25, 0.3) is 0 Å². The number of hydrogen-bond acceptors (Lipinski definition) is 4. The van der Waals surface area contributed by atoms with E-state index >= 15 is 0 Å². The van der Waals surface area contributed by atoms with E-state index in [0.717, 1.165) is 58.5 Å². The molecule has 4 nitrogen and oxygen atoms in total. The Hall–Kier alpha value is -0.450. The lowest BCUT2D eigenvalue weighted by Gasteiger charge is -2.26. The first-order chi connectivity index (χ1) is 9.27. The van der Waals surface area contributed by atoms with E-state index in [-0.39, 0.29) is 5.92 Å². The summed E-state index contributed by atoms with van der Waals surface area (Å²) in [4.78, 5) is 14.4. The van der Waals surface area contributed by atoms with Crippen LogP contribution in [0.4, 0.5) is 0 Å². The predicted octanol–water partition coefficient (Wildman–Crippen LogP) is 2.12. The van der Waals surface area contributed by atoms with Crippen molar-refractivity contribution in [2.24, 2.45) is 5.92 Å². The highest BCUT2D eigenvalue weighted by Crippen LogP contribution is 2.21. The van der Waals surface area contributed by atoms with Crippen LogP contribution >= 0.6 is 0 Å². The van der Waals surface area contributed by atoms with Crippen LogP contribution in [0.2, 0.25) is 0 Å². The minimum Gasteiger partial charge on any atom is -0.385 e. The molecule has 1 aliphatic rings. The second kappa shape index (κ2) is 10.4. The summed E-state index contributed by atoms with van der Waals surface area (Å²) >= 11 is 0. The van der Waals surface area contributed by atoms with E-state index < -0.39 is 0 Å². The van der Waals surface area contributed by atoms with Gasteiger partial charge in [-0.05, 0) is 19.3 Å². The molecule has 112 valence electrons. The Balaban J connectivity index is 2.41. The molecule has 0 aromatic rings. The average Bonchev–Trinajstić information content (AvgIpc) is 2.61. The molecule has 0 radical (unpaired) electrons. The van der Waals surface area contributed by atoms with Gasteiger partial charge in [0.1, 0.15) is 5.78 Å². The maximum atomic E-state index is 12.1. The van der Waals surface area contributed by atoms with Gasteiger partial charge in [-0.3, -0.25) is 4.79 Å². The number of carbonyl (C=O) groups excluding carboxylic acids is 1. The van der Waals surface area contributed by atoms with E-state index in [9.17, 15) is 4.79 Å². The van der Waals surface area contributed by atoms with Crippen molar-refractivity contribution in [3.63, 3.8) is 0 Å². The second-order valence-corrected chi connectivity index (χ2v) is 5.40. The van der Waals surface area contributed by atoms with Crippen molar-refractivity contribution in [2.75, 3.05) is 47.1 Å². The van der Waals surface area contributed by atoms with Gasteiger partial charge in [0.2, 0.25) is 0 Å². The van der Waals surface area contributed by atoms with E-state index in [4.69, 9.17) is 9.47 Å². The van der Waals surface area contributed by atoms with Crippen LogP contribution in [-0.2, 0) is 14.3 Å². The Kier molecular flexibility index (Phi) is 9.05. The van der Waals surface area contributed by atoms with Gasteiger partial charge in [-0.15, -0.1) is 0 Å². The molecule has 0 spiro atoms. The third-order valence-corrected chi connectivity index (χ3v) is 3.84. The first-order valence-electron chi connectivity index (χ1n) is 7.51. The maximum Gasteiger partial charge on any atom is 0.137 e. The first-order valence-corrected chi connectivity index (χ1v) is 7.51. The minimum absolute atomic E-state index is 0.238. The average molecular weight is 271 g/mol. The summed E-state index contributed by atoms with van der Waals surface area (Å²) < 4.78 is 10.3. The van der Waals surface area contributed by atoms with E-state index in [0.29, 0.717) is 5.78 Å². The van der Waals surface area contributed by atoms with Gasteiger partial charge in [0, 0.05) is 52.8 Å². The lowest BCUT2D eigenvalue weighted by molar-refractivity contribution is -0.123. The Labute approximate surface area is 117 Å². The molecule has 0 amide bonds. The van der Waals surface area contributed by atoms with Gasteiger partial charge in [-0.25, -0.2) is 0 Å². The van der Waals surface area contributed by atoms with Gasteiger partial charge in [-0.2, -0.15) is 0 Å². The molecule has 1 rings (SSSR count). The first kappa shape index (κ1) is 16.6. The largest absolute Gasteiger partial charge is 0.385 e. The molecule has 1 fully saturated rings. The fourth-order valence-electron chi connectivity index (χ4n) is 2.68. The van der Waals surface area contributed by atoms with Crippen LogP contribution in [0, 0.1) is 5.92 Å². The smallest absolute Gasteiger partial charge is 0.137 e. The Morgan fingerprint density at radius 1 is 1.11 bits per heavy atom. The molecule has 1 aliphatic carbocycles. The summed E-state index contributed by atoms with van der Waals surface area (Å²) in [5, 5.41) is 0. The number of carbonyl (C=O) groups is 1. The maximum absolute atomic E-state index is 12.1. The van der Waals surface area contributed by atoms with Gasteiger partial charge < -0.3 is 14.4 Å². The molecule has 19 heavy (non-hydrogen) atoms. The van der Waals surface area contributed by atoms with E-state index in [1.165, 1.54) is 12.8 Å². The van der Waals surface area contributed by atoms with Crippen LogP contribution in [-0.4, -0.2) is 57.8 Å². The Bertz CT molecular complexity index is 246. The van der Waals surface area contributed by atoms with Gasteiger partial charge in [-0.1, -0.05) is 12.8 Å². The quantitative estimate of drug-likeness (QED) is 0.475. The standard InChI is InChI=1S/C15H29NO3/c1-18-11-6-9-16(10-12-19-2)13-14-7-4-3-5-8-15(14)17/h14H,3-13H2,1-2H3. The molecule has 0 heterocycles. The molecule has 4 heteroatoms. The topological polar surface area (TPSA) is 38.8 Å². The van der Waals surface area contributed by atoms with E-state index in [1.54, 1.807) is 14.2 Å². The summed E-state index contributed by atoms with van der Waals surface area (Å²) in [6.07, 6.45) is 6.35. The molecule has 0 aromatic heterocycles. The summed E-state index contributed by atoms with van der Waals surface area (Å²) in [6.45, 7) is 4.30. The van der Waals surface area contributed by atoms with Gasteiger partial charge in [0.05, 0.1) is 6.61 Å². The highest BCUT2D eigenvalue weighted by Gasteiger charge is 2.22. The molecule has 0 aromatic carbocycles. The minimum atomic E-state index is 0.238. The molecule has 0 saturated heterocycles. The zero-order valence-electron chi connectivity index (χ0n) is 12.5. The van der Waals surface area contributed by atoms with Crippen LogP contribution < -0.4 is 0 Å². The van der Waals surface area contributed by atoms with Crippen molar-refractivity contribution in [2.45, 2.75) is 38.5 Å². The van der Waals surface area contributed by atoms with Crippen LogP contribution in [0.5, 0.6) is 0 Å². The summed E-state index contributed by atoms with van der Waals surface area (Å²) in [5.74, 6) is 0.702.